The summed E-state index contributed by atoms with van der Waals surface area (Å²) >= 11 is 0. The lowest BCUT2D eigenvalue weighted by Crippen LogP contribution is -2.12. The van der Waals surface area contributed by atoms with E-state index in [0.29, 0.717) is 11.3 Å². The van der Waals surface area contributed by atoms with Gasteiger partial charge in [0.1, 0.15) is 0 Å². The van der Waals surface area contributed by atoms with Crippen LogP contribution in [-0.4, -0.2) is 20.9 Å². The van der Waals surface area contributed by atoms with Crippen LogP contribution in [0.1, 0.15) is 16.8 Å². The van der Waals surface area contributed by atoms with E-state index in [0.717, 1.165) is 16.8 Å². The van der Waals surface area contributed by atoms with E-state index < -0.39 is 17.7 Å². The fourth-order valence-corrected chi connectivity index (χ4v) is 1.89. The summed E-state index contributed by atoms with van der Waals surface area (Å²) in [5, 5.41) is 12.5. The van der Waals surface area contributed by atoms with E-state index >= 15 is 0 Å². The monoisotopic (exact) mass is 296 g/mol. The van der Waals surface area contributed by atoms with Crippen LogP contribution in [0, 0.1) is 6.92 Å². The molecule has 0 unspecified atom stereocenters. The summed E-state index contributed by atoms with van der Waals surface area (Å²) in [6.07, 6.45) is -0.977. The number of hydrogen-bond donors (Lipinski definition) is 1. The minimum Gasteiger partial charge on any atom is -0.478 e. The van der Waals surface area contributed by atoms with Crippen molar-refractivity contribution >= 4 is 12.0 Å². The predicted molar refractivity (Wildman–Crippen MR) is 70.0 cm³/mol. The molecule has 2 rings (SSSR count). The second kappa shape index (κ2) is 5.43. The molecule has 7 heteroatoms. The SMILES string of the molecule is Cc1c(/C=C/C(=O)O)cnn1-c1ccccc1C(F)(F)F. The van der Waals surface area contributed by atoms with E-state index in [1.807, 2.05) is 0 Å². The van der Waals surface area contributed by atoms with E-state index in [9.17, 15) is 18.0 Å². The van der Waals surface area contributed by atoms with Gasteiger partial charge in [0.15, 0.2) is 0 Å². The zero-order valence-corrected chi connectivity index (χ0v) is 10.9. The molecule has 0 fully saturated rings. The first kappa shape index (κ1) is 14.8. The number of carboxylic acids is 1. The molecule has 1 aromatic carbocycles. The molecule has 0 aliphatic rings. The molecule has 0 saturated heterocycles. The van der Waals surface area contributed by atoms with Gasteiger partial charge in [-0.25, -0.2) is 9.48 Å². The van der Waals surface area contributed by atoms with E-state index in [2.05, 4.69) is 5.10 Å². The number of carbonyl (C=O) groups is 1. The van der Waals surface area contributed by atoms with Crippen LogP contribution in [0.25, 0.3) is 11.8 Å². The Hall–Kier alpha value is -2.57. The summed E-state index contributed by atoms with van der Waals surface area (Å²) in [5.74, 6) is -1.14. The molecule has 0 saturated carbocycles. The number of alkyl halides is 3. The molecule has 110 valence electrons. The molecule has 1 aromatic heterocycles. The molecule has 0 amide bonds. The van der Waals surface area contributed by atoms with Crippen molar-refractivity contribution in [1.29, 1.82) is 0 Å². The Morgan fingerprint density at radius 3 is 2.62 bits per heavy atom. The molecular formula is C14H11F3N2O2. The van der Waals surface area contributed by atoms with Crippen LogP contribution >= 0.6 is 0 Å². The van der Waals surface area contributed by atoms with E-state index in [4.69, 9.17) is 5.11 Å². The van der Waals surface area contributed by atoms with Crippen molar-refractivity contribution in [2.45, 2.75) is 13.1 Å². The van der Waals surface area contributed by atoms with Crippen molar-refractivity contribution in [2.75, 3.05) is 0 Å². The third kappa shape index (κ3) is 3.13. The molecule has 0 atom stereocenters. The summed E-state index contributed by atoms with van der Waals surface area (Å²) in [4.78, 5) is 10.5. The number of aliphatic carboxylic acids is 1. The Labute approximate surface area is 118 Å². The molecular weight excluding hydrogens is 285 g/mol. The maximum Gasteiger partial charge on any atom is 0.418 e. The lowest BCUT2D eigenvalue weighted by Gasteiger charge is -2.13. The minimum atomic E-state index is -4.49. The third-order valence-corrected chi connectivity index (χ3v) is 2.89. The number of aromatic nitrogens is 2. The number of benzene rings is 1. The molecule has 1 heterocycles. The topological polar surface area (TPSA) is 55.1 Å². The Balaban J connectivity index is 2.52. The summed E-state index contributed by atoms with van der Waals surface area (Å²) in [6, 6.07) is 5.07. The lowest BCUT2D eigenvalue weighted by atomic mass is 10.1. The zero-order chi connectivity index (χ0) is 15.6. The molecule has 0 bridgehead atoms. The minimum absolute atomic E-state index is 0.0996. The fourth-order valence-electron chi connectivity index (χ4n) is 1.89. The van der Waals surface area contributed by atoms with Crippen LogP contribution in [0.5, 0.6) is 0 Å². The van der Waals surface area contributed by atoms with Gasteiger partial charge in [-0.1, -0.05) is 12.1 Å². The normalized spacial score (nSPS) is 12.0. The molecule has 0 aliphatic carbocycles. The highest BCUT2D eigenvalue weighted by Crippen LogP contribution is 2.34. The average molecular weight is 296 g/mol. The van der Waals surface area contributed by atoms with Crippen LogP contribution in [0.3, 0.4) is 0 Å². The van der Waals surface area contributed by atoms with Gasteiger partial charge < -0.3 is 5.11 Å². The Morgan fingerprint density at radius 2 is 2.00 bits per heavy atom. The Bertz CT molecular complexity index is 702. The van der Waals surface area contributed by atoms with Crippen molar-refractivity contribution < 1.29 is 23.1 Å². The van der Waals surface area contributed by atoms with Gasteiger partial charge in [-0.3, -0.25) is 0 Å². The fraction of sp³-hybridized carbons (Fsp3) is 0.143. The van der Waals surface area contributed by atoms with Crippen molar-refractivity contribution in [3.63, 3.8) is 0 Å². The largest absolute Gasteiger partial charge is 0.478 e. The number of nitrogens with zero attached hydrogens (tertiary/aromatic N) is 2. The Kier molecular flexibility index (Phi) is 3.84. The summed E-state index contributed by atoms with van der Waals surface area (Å²) in [5.41, 5.74) is -0.0407. The molecule has 1 N–H and O–H groups in total. The standard InChI is InChI=1S/C14H11F3N2O2/c1-9-10(6-7-13(20)21)8-18-19(9)12-5-3-2-4-11(12)14(15,16)17/h2-8H,1H3,(H,20,21)/b7-6+. The highest BCUT2D eigenvalue weighted by atomic mass is 19.4. The van der Waals surface area contributed by atoms with E-state index in [-0.39, 0.29) is 5.69 Å². The quantitative estimate of drug-likeness (QED) is 0.884. The smallest absolute Gasteiger partial charge is 0.418 e. The van der Waals surface area contributed by atoms with E-state index in [1.54, 1.807) is 6.92 Å². The van der Waals surface area contributed by atoms with Crippen molar-refractivity contribution in [3.8, 4) is 5.69 Å². The predicted octanol–water partition coefficient (Wildman–Crippen LogP) is 3.30. The van der Waals surface area contributed by atoms with Gasteiger partial charge in [0, 0.05) is 17.3 Å². The molecule has 21 heavy (non-hydrogen) atoms. The zero-order valence-electron chi connectivity index (χ0n) is 10.9. The second-order valence-electron chi connectivity index (χ2n) is 4.28. The average Bonchev–Trinajstić information content (AvgIpc) is 2.76. The second-order valence-corrected chi connectivity index (χ2v) is 4.28. The number of rotatable bonds is 3. The van der Waals surface area contributed by atoms with Crippen LogP contribution in [0.4, 0.5) is 13.2 Å². The summed E-state index contributed by atoms with van der Waals surface area (Å²) in [7, 11) is 0. The van der Waals surface area contributed by atoms with Gasteiger partial charge in [0.2, 0.25) is 0 Å². The first-order valence-corrected chi connectivity index (χ1v) is 5.93. The molecule has 0 spiro atoms. The highest BCUT2D eigenvalue weighted by molar-refractivity contribution is 5.85. The summed E-state index contributed by atoms with van der Waals surface area (Å²) in [6.45, 7) is 1.57. The van der Waals surface area contributed by atoms with Crippen LogP contribution in [0.15, 0.2) is 36.5 Å². The first-order chi connectivity index (χ1) is 9.80. The van der Waals surface area contributed by atoms with Crippen LogP contribution in [-0.2, 0) is 11.0 Å². The van der Waals surface area contributed by atoms with Crippen LogP contribution < -0.4 is 0 Å². The van der Waals surface area contributed by atoms with E-state index in [1.165, 1.54) is 30.5 Å². The third-order valence-electron chi connectivity index (χ3n) is 2.89. The van der Waals surface area contributed by atoms with Gasteiger partial charge in [-0.2, -0.15) is 18.3 Å². The molecule has 0 radical (unpaired) electrons. The molecule has 2 aromatic rings. The van der Waals surface area contributed by atoms with Crippen molar-refractivity contribution in [1.82, 2.24) is 9.78 Å². The maximum absolute atomic E-state index is 13.0. The summed E-state index contributed by atoms with van der Waals surface area (Å²) < 4.78 is 40.1. The number of halogens is 3. The number of hydrogen-bond acceptors (Lipinski definition) is 2. The van der Waals surface area contributed by atoms with Gasteiger partial charge in [0.25, 0.3) is 0 Å². The van der Waals surface area contributed by atoms with Gasteiger partial charge in [0.05, 0.1) is 17.4 Å². The number of para-hydroxylation sites is 1. The van der Waals surface area contributed by atoms with Crippen molar-refractivity contribution in [3.05, 3.63) is 53.4 Å². The number of carboxylic acid groups (broad SMARTS) is 1. The van der Waals surface area contributed by atoms with Crippen molar-refractivity contribution in [2.24, 2.45) is 0 Å². The van der Waals surface area contributed by atoms with Gasteiger partial charge in [-0.05, 0) is 25.1 Å². The van der Waals surface area contributed by atoms with Gasteiger partial charge >= 0.3 is 12.1 Å². The maximum atomic E-state index is 13.0. The van der Waals surface area contributed by atoms with Gasteiger partial charge in [-0.15, -0.1) is 0 Å². The Morgan fingerprint density at radius 1 is 1.33 bits per heavy atom. The van der Waals surface area contributed by atoms with Crippen LogP contribution in [0.2, 0.25) is 0 Å². The molecule has 4 nitrogen and oxygen atoms in total. The lowest BCUT2D eigenvalue weighted by molar-refractivity contribution is -0.137. The first-order valence-electron chi connectivity index (χ1n) is 5.93. The highest BCUT2D eigenvalue weighted by Gasteiger charge is 2.34. The molecule has 0 aliphatic heterocycles.